The van der Waals surface area contributed by atoms with Crippen molar-refractivity contribution in [1.82, 2.24) is 5.06 Å². The van der Waals surface area contributed by atoms with Gasteiger partial charge in [-0.2, -0.15) is 0 Å². The maximum atomic E-state index is 12.6. The predicted molar refractivity (Wildman–Crippen MR) is 128 cm³/mol. The quantitative estimate of drug-likeness (QED) is 0.272. The zero-order chi connectivity index (χ0) is 24.7. The molecule has 1 N–H and O–H groups in total. The Morgan fingerprint density at radius 1 is 0.771 bits per heavy atom. The Balaban J connectivity index is 1.71. The average Bonchev–Trinajstić information content (AvgIpc) is 3.22. The van der Waals surface area contributed by atoms with E-state index in [1.54, 1.807) is 24.3 Å². The fourth-order valence-electron chi connectivity index (χ4n) is 4.17. The number of hydroxylamine groups is 2. The van der Waals surface area contributed by atoms with Gasteiger partial charge in [0.25, 0.3) is 11.8 Å². The third kappa shape index (κ3) is 5.16. The van der Waals surface area contributed by atoms with Gasteiger partial charge >= 0.3 is 5.97 Å². The number of aliphatic hydroxyl groups excluding tert-OH is 1. The van der Waals surface area contributed by atoms with Crippen LogP contribution in [-0.2, 0) is 24.8 Å². The zero-order valence-corrected chi connectivity index (χ0v) is 19.3. The molecule has 0 radical (unpaired) electrons. The molecule has 0 aliphatic carbocycles. The Morgan fingerprint density at radius 3 is 1.80 bits per heavy atom. The number of hydrogen-bond donors (Lipinski definition) is 1. The molecule has 0 atom stereocenters. The summed E-state index contributed by atoms with van der Waals surface area (Å²) in [5.74, 6) is -1.83. The van der Waals surface area contributed by atoms with Crippen LogP contribution < -0.4 is 0 Å². The third-order valence-corrected chi connectivity index (χ3v) is 5.94. The molecule has 0 aromatic heterocycles. The number of amides is 2. The Labute approximate surface area is 203 Å². The highest BCUT2D eigenvalue weighted by atomic mass is 16.7. The van der Waals surface area contributed by atoms with E-state index in [0.717, 1.165) is 16.7 Å². The van der Waals surface area contributed by atoms with Crippen molar-refractivity contribution >= 4 is 17.8 Å². The van der Waals surface area contributed by atoms with Crippen molar-refractivity contribution in [3.8, 4) is 0 Å². The van der Waals surface area contributed by atoms with Gasteiger partial charge in [-0.3, -0.25) is 9.59 Å². The summed E-state index contributed by atoms with van der Waals surface area (Å²) in [5, 5.41) is 9.76. The van der Waals surface area contributed by atoms with Gasteiger partial charge in [-0.15, -0.1) is 5.06 Å². The van der Waals surface area contributed by atoms with Gasteiger partial charge in [-0.25, -0.2) is 4.79 Å². The molecule has 0 spiro atoms. The summed E-state index contributed by atoms with van der Waals surface area (Å²) in [6.07, 6.45) is 1.38. The van der Waals surface area contributed by atoms with Crippen molar-refractivity contribution in [3.63, 3.8) is 0 Å². The molecule has 7 heteroatoms. The molecular formula is C28H27NO6. The van der Waals surface area contributed by atoms with E-state index >= 15 is 0 Å². The maximum absolute atomic E-state index is 12.6. The normalized spacial score (nSPS) is 13.8. The standard InChI is InChI=1S/C28H27NO6/c30-19-7-8-20-34-28(22-9-3-1-4-10-22,23-11-5-2-6-12-23)24-15-13-21(14-16-24)27(33)35-29-25(31)17-18-26(29)32/h1-6,9-16,30H,7-8,17-20H2. The van der Waals surface area contributed by atoms with Gasteiger partial charge in [0.15, 0.2) is 0 Å². The molecule has 0 bridgehead atoms. The molecule has 3 aromatic rings. The van der Waals surface area contributed by atoms with Crippen molar-refractivity contribution in [2.75, 3.05) is 13.2 Å². The predicted octanol–water partition coefficient (Wildman–Crippen LogP) is 3.99. The van der Waals surface area contributed by atoms with Gasteiger partial charge in [0.2, 0.25) is 0 Å². The van der Waals surface area contributed by atoms with E-state index in [1.165, 1.54) is 0 Å². The topological polar surface area (TPSA) is 93.1 Å². The lowest BCUT2D eigenvalue weighted by molar-refractivity contribution is -0.172. The average molecular weight is 474 g/mol. The summed E-state index contributed by atoms with van der Waals surface area (Å²) < 4.78 is 6.60. The fraction of sp³-hybridized carbons (Fsp3) is 0.250. The molecule has 7 nitrogen and oxygen atoms in total. The molecule has 4 rings (SSSR count). The Kier molecular flexibility index (Phi) is 7.70. The van der Waals surface area contributed by atoms with Gasteiger partial charge in [0, 0.05) is 26.1 Å². The molecule has 35 heavy (non-hydrogen) atoms. The first-order valence-corrected chi connectivity index (χ1v) is 11.6. The zero-order valence-electron chi connectivity index (χ0n) is 19.3. The number of nitrogens with zero attached hydrogens (tertiary/aromatic N) is 1. The van der Waals surface area contributed by atoms with Crippen LogP contribution in [0.15, 0.2) is 84.9 Å². The molecule has 1 saturated heterocycles. The minimum atomic E-state index is -0.957. The molecule has 2 amide bonds. The first-order chi connectivity index (χ1) is 17.1. The lowest BCUT2D eigenvalue weighted by Gasteiger charge is -2.36. The van der Waals surface area contributed by atoms with Crippen LogP contribution in [0.25, 0.3) is 0 Å². The largest absolute Gasteiger partial charge is 0.396 e. The first kappa shape index (κ1) is 24.3. The van der Waals surface area contributed by atoms with Crippen LogP contribution in [0.1, 0.15) is 52.7 Å². The van der Waals surface area contributed by atoms with Gasteiger partial charge in [-0.1, -0.05) is 72.8 Å². The number of rotatable bonds is 10. The highest BCUT2D eigenvalue weighted by molar-refractivity contribution is 6.02. The summed E-state index contributed by atoms with van der Waals surface area (Å²) in [6, 6.07) is 26.4. The fourth-order valence-corrected chi connectivity index (χ4v) is 4.17. The molecule has 0 unspecified atom stereocenters. The highest BCUT2D eigenvalue weighted by Crippen LogP contribution is 2.40. The van der Waals surface area contributed by atoms with Crippen molar-refractivity contribution < 1.29 is 29.1 Å². The van der Waals surface area contributed by atoms with Crippen molar-refractivity contribution in [2.24, 2.45) is 0 Å². The van der Waals surface area contributed by atoms with Gasteiger partial charge in [-0.05, 0) is 41.7 Å². The number of carbonyl (C=O) groups is 3. The van der Waals surface area contributed by atoms with E-state index in [2.05, 4.69) is 0 Å². The second-order valence-electron chi connectivity index (χ2n) is 8.23. The number of imide groups is 1. The summed E-state index contributed by atoms with van der Waals surface area (Å²) in [7, 11) is 0. The van der Waals surface area contributed by atoms with Crippen LogP contribution in [0.3, 0.4) is 0 Å². The Morgan fingerprint density at radius 2 is 1.29 bits per heavy atom. The van der Waals surface area contributed by atoms with Crippen LogP contribution >= 0.6 is 0 Å². The molecule has 1 heterocycles. The number of unbranched alkanes of at least 4 members (excludes halogenated alkanes) is 1. The van der Waals surface area contributed by atoms with Crippen molar-refractivity contribution in [2.45, 2.75) is 31.3 Å². The minimum Gasteiger partial charge on any atom is -0.396 e. The summed E-state index contributed by atoms with van der Waals surface area (Å²) in [5.41, 5.74) is 1.87. The van der Waals surface area contributed by atoms with Crippen LogP contribution in [0.2, 0.25) is 0 Å². The molecule has 1 aliphatic heterocycles. The second kappa shape index (κ2) is 11.1. The number of aliphatic hydroxyl groups is 1. The van der Waals surface area contributed by atoms with Gasteiger partial charge in [0.05, 0.1) is 5.56 Å². The van der Waals surface area contributed by atoms with Crippen LogP contribution in [0, 0.1) is 0 Å². The Hall–Kier alpha value is -3.81. The highest BCUT2D eigenvalue weighted by Gasteiger charge is 2.38. The van der Waals surface area contributed by atoms with E-state index in [0.29, 0.717) is 24.5 Å². The van der Waals surface area contributed by atoms with E-state index in [4.69, 9.17) is 9.57 Å². The second-order valence-corrected chi connectivity index (χ2v) is 8.23. The molecule has 180 valence electrons. The van der Waals surface area contributed by atoms with Crippen molar-refractivity contribution in [3.05, 3.63) is 107 Å². The first-order valence-electron chi connectivity index (χ1n) is 11.6. The third-order valence-electron chi connectivity index (χ3n) is 5.94. The van der Waals surface area contributed by atoms with E-state index < -0.39 is 23.4 Å². The smallest absolute Gasteiger partial charge is 0.363 e. The number of benzene rings is 3. The lowest BCUT2D eigenvalue weighted by atomic mass is 9.79. The molecular weight excluding hydrogens is 446 g/mol. The number of hydrogen-bond acceptors (Lipinski definition) is 6. The van der Waals surface area contributed by atoms with E-state index in [1.807, 2.05) is 60.7 Å². The SMILES string of the molecule is O=C(ON1C(=O)CCC1=O)c1ccc(C(OCCCCO)(c2ccccc2)c2ccccc2)cc1. The Bertz CT molecular complexity index is 1110. The summed E-state index contributed by atoms with van der Waals surface area (Å²) in [4.78, 5) is 41.2. The van der Waals surface area contributed by atoms with Gasteiger partial charge in [0.1, 0.15) is 5.60 Å². The summed E-state index contributed by atoms with van der Waals surface area (Å²) in [6.45, 7) is 0.499. The lowest BCUT2D eigenvalue weighted by Crippen LogP contribution is -2.34. The van der Waals surface area contributed by atoms with Gasteiger partial charge < -0.3 is 14.7 Å². The summed E-state index contributed by atoms with van der Waals surface area (Å²) >= 11 is 0. The monoisotopic (exact) mass is 473 g/mol. The maximum Gasteiger partial charge on any atom is 0.363 e. The van der Waals surface area contributed by atoms with Crippen LogP contribution in [0.5, 0.6) is 0 Å². The number of carbonyl (C=O) groups excluding carboxylic acids is 3. The molecule has 1 aliphatic rings. The minimum absolute atomic E-state index is 0.0370. The van der Waals surface area contributed by atoms with Crippen LogP contribution in [0.4, 0.5) is 0 Å². The van der Waals surface area contributed by atoms with E-state index in [-0.39, 0.29) is 25.0 Å². The van der Waals surface area contributed by atoms with Crippen molar-refractivity contribution in [1.29, 1.82) is 0 Å². The molecule has 1 fully saturated rings. The van der Waals surface area contributed by atoms with Crippen LogP contribution in [-0.4, -0.2) is 41.2 Å². The van der Waals surface area contributed by atoms with E-state index in [9.17, 15) is 19.5 Å². The molecule has 0 saturated carbocycles. The molecule has 3 aromatic carbocycles. The number of ether oxygens (including phenoxy) is 1.